The van der Waals surface area contributed by atoms with Crippen molar-refractivity contribution in [1.82, 2.24) is 5.32 Å². The predicted octanol–water partition coefficient (Wildman–Crippen LogP) is 1.98. The minimum absolute atomic E-state index is 0.0549. The van der Waals surface area contributed by atoms with Gasteiger partial charge in [-0.15, -0.1) is 0 Å². The zero-order chi connectivity index (χ0) is 21.3. The average Bonchev–Trinajstić information content (AvgIpc) is 3.06. The Bertz CT molecular complexity index is 1160. The zero-order valence-corrected chi connectivity index (χ0v) is 17.0. The number of carbonyl (C=O) groups excluding carboxylic acids is 2. The summed E-state index contributed by atoms with van der Waals surface area (Å²) in [6.07, 6.45) is 1.98. The third-order valence-electron chi connectivity index (χ3n) is 4.93. The summed E-state index contributed by atoms with van der Waals surface area (Å²) >= 11 is 0. The molecule has 2 aliphatic heterocycles. The van der Waals surface area contributed by atoms with Crippen molar-refractivity contribution < 1.29 is 27.5 Å². The van der Waals surface area contributed by atoms with Gasteiger partial charge < -0.3 is 20.1 Å². The van der Waals surface area contributed by atoms with Gasteiger partial charge in [0.25, 0.3) is 11.8 Å². The normalized spacial score (nSPS) is 20.8. The molecule has 1 saturated heterocycles. The van der Waals surface area contributed by atoms with E-state index >= 15 is 0 Å². The molecule has 1 unspecified atom stereocenters. The van der Waals surface area contributed by atoms with E-state index in [0.29, 0.717) is 34.7 Å². The number of hydrogen-bond acceptors (Lipinski definition) is 6. The first-order chi connectivity index (χ1) is 14.3. The molecule has 9 heteroatoms. The number of hydrogen-bond donors (Lipinski definition) is 2. The van der Waals surface area contributed by atoms with Gasteiger partial charge in [0.1, 0.15) is 5.75 Å². The molecule has 156 valence electrons. The number of methoxy groups -OCH3 is 1. The minimum atomic E-state index is -3.09. The molecular weight excluding hydrogens is 408 g/mol. The van der Waals surface area contributed by atoms with E-state index in [-0.39, 0.29) is 17.3 Å². The van der Waals surface area contributed by atoms with Crippen LogP contribution < -0.4 is 20.1 Å². The van der Waals surface area contributed by atoms with Crippen LogP contribution in [0.5, 0.6) is 11.5 Å². The smallest absolute Gasteiger partial charge is 0.291 e. The zero-order valence-electron chi connectivity index (χ0n) is 16.2. The molecular formula is C21H20N2O6S. The number of nitrogens with one attached hydrogen (secondary N) is 2. The number of ether oxygens (including phenoxy) is 2. The van der Waals surface area contributed by atoms with Crippen molar-refractivity contribution in [2.24, 2.45) is 0 Å². The first-order valence-corrected chi connectivity index (χ1v) is 11.2. The van der Waals surface area contributed by atoms with Gasteiger partial charge in [0.05, 0.1) is 24.3 Å². The van der Waals surface area contributed by atoms with Crippen LogP contribution in [0.25, 0.3) is 6.08 Å². The fourth-order valence-corrected chi connectivity index (χ4v) is 5.08. The van der Waals surface area contributed by atoms with Crippen LogP contribution >= 0.6 is 0 Å². The second-order valence-corrected chi connectivity index (χ2v) is 9.32. The summed E-state index contributed by atoms with van der Waals surface area (Å²) in [5.74, 6) is 0.273. The molecule has 0 saturated carbocycles. The number of fused-ring (bicyclic) bond motifs is 1. The van der Waals surface area contributed by atoms with E-state index in [1.54, 1.807) is 37.5 Å². The number of carbonyl (C=O) groups is 2. The number of anilines is 1. The highest BCUT2D eigenvalue weighted by molar-refractivity contribution is 7.91. The molecule has 2 aromatic carbocycles. The number of rotatable bonds is 4. The van der Waals surface area contributed by atoms with E-state index < -0.39 is 27.7 Å². The summed E-state index contributed by atoms with van der Waals surface area (Å²) in [6, 6.07) is 11.5. The lowest BCUT2D eigenvalue weighted by molar-refractivity contribution is -0.115. The highest BCUT2D eigenvalue weighted by Crippen LogP contribution is 2.33. The molecule has 2 amide bonds. The number of sulfone groups is 1. The first-order valence-electron chi connectivity index (χ1n) is 9.34. The second-order valence-electron chi connectivity index (χ2n) is 7.09. The van der Waals surface area contributed by atoms with E-state index in [1.807, 2.05) is 12.1 Å². The van der Waals surface area contributed by atoms with Crippen LogP contribution in [-0.4, -0.2) is 44.9 Å². The van der Waals surface area contributed by atoms with Crippen molar-refractivity contribution in [2.75, 3.05) is 23.9 Å². The van der Waals surface area contributed by atoms with Gasteiger partial charge in [-0.1, -0.05) is 18.2 Å². The largest absolute Gasteiger partial charge is 0.496 e. The van der Waals surface area contributed by atoms with Crippen LogP contribution in [-0.2, 0) is 14.6 Å². The lowest BCUT2D eigenvalue weighted by atomic mass is 10.1. The SMILES string of the molecule is COc1ccccc1/C=C1\Oc2ccc(C(=O)NC3CCS(=O)(=O)C3)cc2NC1=O. The Kier molecular flexibility index (Phi) is 5.21. The number of benzene rings is 2. The van der Waals surface area contributed by atoms with E-state index in [9.17, 15) is 18.0 Å². The maximum Gasteiger partial charge on any atom is 0.291 e. The Labute approximate surface area is 173 Å². The van der Waals surface area contributed by atoms with Crippen molar-refractivity contribution in [2.45, 2.75) is 12.5 Å². The highest BCUT2D eigenvalue weighted by atomic mass is 32.2. The predicted molar refractivity (Wildman–Crippen MR) is 111 cm³/mol. The van der Waals surface area contributed by atoms with E-state index in [2.05, 4.69) is 10.6 Å². The van der Waals surface area contributed by atoms with E-state index in [0.717, 1.165) is 0 Å². The monoisotopic (exact) mass is 428 g/mol. The Morgan fingerprint density at radius 3 is 2.80 bits per heavy atom. The summed E-state index contributed by atoms with van der Waals surface area (Å²) in [5.41, 5.74) is 1.36. The van der Waals surface area contributed by atoms with Gasteiger partial charge in [-0.3, -0.25) is 9.59 Å². The molecule has 0 bridgehead atoms. The first kappa shape index (κ1) is 20.0. The van der Waals surface area contributed by atoms with Gasteiger partial charge in [0, 0.05) is 17.2 Å². The van der Waals surface area contributed by atoms with Crippen molar-refractivity contribution in [3.05, 3.63) is 59.4 Å². The molecule has 30 heavy (non-hydrogen) atoms. The number of para-hydroxylation sites is 1. The fourth-order valence-electron chi connectivity index (χ4n) is 3.41. The van der Waals surface area contributed by atoms with Crippen LogP contribution in [0, 0.1) is 0 Å². The van der Waals surface area contributed by atoms with Crippen LogP contribution in [0.1, 0.15) is 22.3 Å². The van der Waals surface area contributed by atoms with Gasteiger partial charge in [-0.05, 0) is 36.8 Å². The lowest BCUT2D eigenvalue weighted by Crippen LogP contribution is -2.35. The summed E-state index contributed by atoms with van der Waals surface area (Å²) in [6.45, 7) is 0. The van der Waals surface area contributed by atoms with Crippen molar-refractivity contribution in [1.29, 1.82) is 0 Å². The third kappa shape index (κ3) is 4.16. The topological polar surface area (TPSA) is 111 Å². The van der Waals surface area contributed by atoms with Crippen LogP contribution in [0.4, 0.5) is 5.69 Å². The average molecular weight is 428 g/mol. The Hall–Kier alpha value is -3.33. The minimum Gasteiger partial charge on any atom is -0.496 e. The molecule has 2 heterocycles. The van der Waals surface area contributed by atoms with Crippen molar-refractivity contribution >= 4 is 33.4 Å². The second kappa shape index (κ2) is 7.83. The van der Waals surface area contributed by atoms with Gasteiger partial charge in [-0.2, -0.15) is 0 Å². The third-order valence-corrected chi connectivity index (χ3v) is 6.69. The fraction of sp³-hybridized carbons (Fsp3) is 0.238. The van der Waals surface area contributed by atoms with Gasteiger partial charge in [0.15, 0.2) is 21.3 Å². The quantitative estimate of drug-likeness (QED) is 0.721. The summed E-state index contributed by atoms with van der Waals surface area (Å²) < 4.78 is 34.1. The molecule has 1 fully saturated rings. The molecule has 0 spiro atoms. The van der Waals surface area contributed by atoms with Gasteiger partial charge in [0.2, 0.25) is 0 Å². The van der Waals surface area contributed by atoms with Crippen LogP contribution in [0.15, 0.2) is 48.2 Å². The molecule has 4 rings (SSSR count). The summed E-state index contributed by atoms with van der Waals surface area (Å²) in [4.78, 5) is 25.0. The molecule has 2 aliphatic rings. The lowest BCUT2D eigenvalue weighted by Gasteiger charge is -2.21. The van der Waals surface area contributed by atoms with Crippen LogP contribution in [0.2, 0.25) is 0 Å². The Morgan fingerprint density at radius 1 is 1.27 bits per heavy atom. The molecule has 8 nitrogen and oxygen atoms in total. The maximum atomic E-state index is 12.5. The standard InChI is InChI=1S/C21H20N2O6S/c1-28-17-5-3-2-4-13(17)11-19-21(25)23-16-10-14(6-7-18(16)29-19)20(24)22-15-8-9-30(26,27)12-15/h2-7,10-11,15H,8-9,12H2,1H3,(H,22,24)(H,23,25)/b19-11-. The maximum absolute atomic E-state index is 12.5. The molecule has 1 atom stereocenters. The van der Waals surface area contributed by atoms with Gasteiger partial charge >= 0.3 is 0 Å². The molecule has 2 aromatic rings. The summed E-state index contributed by atoms with van der Waals surface area (Å²) in [5, 5.41) is 5.45. The van der Waals surface area contributed by atoms with E-state index in [1.165, 1.54) is 6.07 Å². The van der Waals surface area contributed by atoms with Crippen molar-refractivity contribution in [3.63, 3.8) is 0 Å². The molecule has 0 aromatic heterocycles. The molecule has 0 aliphatic carbocycles. The Balaban J connectivity index is 1.52. The van der Waals surface area contributed by atoms with E-state index in [4.69, 9.17) is 9.47 Å². The highest BCUT2D eigenvalue weighted by Gasteiger charge is 2.30. The molecule has 2 N–H and O–H groups in total. The summed E-state index contributed by atoms with van der Waals surface area (Å²) in [7, 11) is -1.55. The van der Waals surface area contributed by atoms with Gasteiger partial charge in [-0.25, -0.2) is 8.42 Å². The van der Waals surface area contributed by atoms with Crippen molar-refractivity contribution in [3.8, 4) is 11.5 Å². The van der Waals surface area contributed by atoms with Crippen LogP contribution in [0.3, 0.4) is 0 Å². The Morgan fingerprint density at radius 2 is 2.07 bits per heavy atom. The molecule has 0 radical (unpaired) electrons. The number of amides is 2.